The smallest absolute Gasteiger partial charge is 0.407 e. The molecule has 3 rings (SSSR count). The van der Waals surface area contributed by atoms with Gasteiger partial charge in [-0.3, -0.25) is 4.90 Å². The van der Waals surface area contributed by atoms with E-state index >= 15 is 0 Å². The molecule has 0 spiro atoms. The van der Waals surface area contributed by atoms with Gasteiger partial charge in [-0.1, -0.05) is 12.1 Å². The number of alkyl carbamates (subject to hydrolysis) is 1. The second-order valence-electron chi connectivity index (χ2n) is 9.04. The molecule has 3 N–H and O–H groups in total. The van der Waals surface area contributed by atoms with Crippen LogP contribution in [0.3, 0.4) is 0 Å². The molecule has 8 heteroatoms. The molecule has 3 atom stereocenters. The zero-order valence-corrected chi connectivity index (χ0v) is 18.2. The Morgan fingerprint density at radius 3 is 2.83 bits per heavy atom. The quantitative estimate of drug-likeness (QED) is 0.618. The number of piperidine rings is 1. The number of aliphatic hydroxyl groups excluding tert-OH is 1. The molecule has 2 heterocycles. The van der Waals surface area contributed by atoms with Crippen LogP contribution in [0.25, 0.3) is 0 Å². The highest BCUT2D eigenvalue weighted by Crippen LogP contribution is 2.31. The number of rotatable bonds is 7. The number of para-hydroxylation sites is 2. The van der Waals surface area contributed by atoms with E-state index in [-0.39, 0.29) is 12.6 Å². The van der Waals surface area contributed by atoms with Crippen LogP contribution in [-0.2, 0) is 4.74 Å². The minimum Gasteiger partial charge on any atom is -0.486 e. The van der Waals surface area contributed by atoms with Gasteiger partial charge in [0.1, 0.15) is 18.3 Å². The Morgan fingerprint density at radius 1 is 1.30 bits per heavy atom. The van der Waals surface area contributed by atoms with Crippen molar-refractivity contribution in [3.63, 3.8) is 0 Å². The lowest BCUT2D eigenvalue weighted by Gasteiger charge is -2.36. The summed E-state index contributed by atoms with van der Waals surface area (Å²) in [6.07, 6.45) is 0.991. The summed E-state index contributed by atoms with van der Waals surface area (Å²) in [6.45, 7) is 9.30. The van der Waals surface area contributed by atoms with Crippen LogP contribution >= 0.6 is 0 Å². The van der Waals surface area contributed by atoms with Crippen molar-refractivity contribution in [2.75, 3.05) is 39.3 Å². The summed E-state index contributed by atoms with van der Waals surface area (Å²) in [7, 11) is 0. The number of carbonyl (C=O) groups is 1. The summed E-state index contributed by atoms with van der Waals surface area (Å²) in [6, 6.07) is 8.06. The molecule has 168 valence electrons. The first kappa shape index (κ1) is 22.7. The fraction of sp³-hybridized carbons (Fsp3) is 0.682. The number of ether oxygens (including phenoxy) is 3. The number of carbonyl (C=O) groups excluding carboxylic acids is 1. The lowest BCUT2D eigenvalue weighted by Crippen LogP contribution is -2.51. The van der Waals surface area contributed by atoms with E-state index in [0.717, 1.165) is 44.0 Å². The standard InChI is InChI=1S/C22H35N3O5/c1-22(2,3)30-21(27)24-12-17(26)11-23-16-7-6-10-25(13-16)14-18-15-28-19-8-4-5-9-20(19)29-18/h4-5,8-9,16-18,23,26H,6-7,10-15H2,1-3H3,(H,24,27). The molecule has 30 heavy (non-hydrogen) atoms. The first-order valence-electron chi connectivity index (χ1n) is 10.8. The van der Waals surface area contributed by atoms with Crippen molar-refractivity contribution in [2.45, 2.75) is 57.5 Å². The molecular formula is C22H35N3O5. The van der Waals surface area contributed by atoms with Crippen molar-refractivity contribution in [2.24, 2.45) is 0 Å². The van der Waals surface area contributed by atoms with Gasteiger partial charge >= 0.3 is 6.09 Å². The van der Waals surface area contributed by atoms with Gasteiger partial charge in [0.15, 0.2) is 11.5 Å². The highest BCUT2D eigenvalue weighted by molar-refractivity contribution is 5.67. The third-order valence-electron chi connectivity index (χ3n) is 5.06. The number of nitrogens with one attached hydrogen (secondary N) is 2. The average molecular weight is 422 g/mol. The van der Waals surface area contributed by atoms with E-state index in [9.17, 15) is 9.90 Å². The molecule has 3 unspecified atom stereocenters. The van der Waals surface area contributed by atoms with Crippen LogP contribution in [0, 0.1) is 0 Å². The van der Waals surface area contributed by atoms with E-state index in [4.69, 9.17) is 14.2 Å². The molecule has 2 aliphatic rings. The van der Waals surface area contributed by atoms with Crippen LogP contribution in [0.15, 0.2) is 24.3 Å². The maximum Gasteiger partial charge on any atom is 0.407 e. The van der Waals surface area contributed by atoms with Crippen LogP contribution < -0.4 is 20.1 Å². The number of benzene rings is 1. The Balaban J connectivity index is 1.35. The molecule has 1 aromatic rings. The van der Waals surface area contributed by atoms with E-state index in [1.165, 1.54) is 0 Å². The molecule has 1 aromatic carbocycles. The van der Waals surface area contributed by atoms with Gasteiger partial charge in [-0.15, -0.1) is 0 Å². The third-order valence-corrected chi connectivity index (χ3v) is 5.06. The van der Waals surface area contributed by atoms with Crippen LogP contribution in [0.2, 0.25) is 0 Å². The second kappa shape index (κ2) is 10.3. The molecular weight excluding hydrogens is 386 g/mol. The Hall–Kier alpha value is -2.03. The minimum atomic E-state index is -0.667. The maximum absolute atomic E-state index is 11.7. The first-order valence-corrected chi connectivity index (χ1v) is 10.8. The van der Waals surface area contributed by atoms with Crippen molar-refractivity contribution < 1.29 is 24.1 Å². The first-order chi connectivity index (χ1) is 14.3. The van der Waals surface area contributed by atoms with Crippen molar-refractivity contribution >= 4 is 6.09 Å². The normalized spacial score (nSPS) is 22.9. The highest BCUT2D eigenvalue weighted by Gasteiger charge is 2.27. The minimum absolute atomic E-state index is 0.0160. The monoisotopic (exact) mass is 421 g/mol. The number of aliphatic hydroxyl groups is 1. The highest BCUT2D eigenvalue weighted by atomic mass is 16.6. The number of nitrogens with zero attached hydrogens (tertiary/aromatic N) is 1. The Morgan fingerprint density at radius 2 is 2.07 bits per heavy atom. The Bertz CT molecular complexity index is 694. The molecule has 1 amide bonds. The van der Waals surface area contributed by atoms with E-state index in [1.807, 2.05) is 45.0 Å². The lowest BCUT2D eigenvalue weighted by atomic mass is 10.0. The molecule has 8 nitrogen and oxygen atoms in total. The summed E-state index contributed by atoms with van der Waals surface area (Å²) in [5.74, 6) is 1.61. The largest absolute Gasteiger partial charge is 0.486 e. The van der Waals surface area contributed by atoms with Gasteiger partial charge in [0.05, 0.1) is 6.10 Å². The maximum atomic E-state index is 11.7. The molecule has 1 fully saturated rings. The van der Waals surface area contributed by atoms with Crippen LogP contribution in [0.4, 0.5) is 4.79 Å². The van der Waals surface area contributed by atoms with Crippen molar-refractivity contribution in [3.05, 3.63) is 24.3 Å². The third kappa shape index (κ3) is 7.34. The second-order valence-corrected chi connectivity index (χ2v) is 9.04. The molecule has 0 saturated carbocycles. The number of fused-ring (bicyclic) bond motifs is 1. The predicted molar refractivity (Wildman–Crippen MR) is 114 cm³/mol. The van der Waals surface area contributed by atoms with Crippen molar-refractivity contribution in [1.82, 2.24) is 15.5 Å². The average Bonchev–Trinajstić information content (AvgIpc) is 2.70. The Labute approximate surface area is 178 Å². The van der Waals surface area contributed by atoms with Gasteiger partial charge in [0.25, 0.3) is 0 Å². The van der Waals surface area contributed by atoms with E-state index < -0.39 is 17.8 Å². The molecule has 2 aliphatic heterocycles. The number of hydrogen-bond donors (Lipinski definition) is 3. The van der Waals surface area contributed by atoms with Crippen molar-refractivity contribution in [3.8, 4) is 11.5 Å². The van der Waals surface area contributed by atoms with Crippen LogP contribution in [0.1, 0.15) is 33.6 Å². The molecule has 0 bridgehead atoms. The molecule has 0 radical (unpaired) electrons. The van der Waals surface area contributed by atoms with Gasteiger partial charge in [-0.25, -0.2) is 4.79 Å². The summed E-state index contributed by atoms with van der Waals surface area (Å²) in [4.78, 5) is 14.1. The van der Waals surface area contributed by atoms with Gasteiger partial charge in [-0.05, 0) is 52.3 Å². The number of amides is 1. The summed E-state index contributed by atoms with van der Waals surface area (Å²) in [5.41, 5.74) is -0.548. The van der Waals surface area contributed by atoms with Gasteiger partial charge < -0.3 is 30.0 Å². The van der Waals surface area contributed by atoms with E-state index in [0.29, 0.717) is 19.2 Å². The zero-order chi connectivity index (χ0) is 21.6. The van der Waals surface area contributed by atoms with Gasteiger partial charge in [-0.2, -0.15) is 0 Å². The van der Waals surface area contributed by atoms with E-state index in [2.05, 4.69) is 15.5 Å². The zero-order valence-electron chi connectivity index (χ0n) is 18.2. The fourth-order valence-electron chi connectivity index (χ4n) is 3.72. The van der Waals surface area contributed by atoms with Gasteiger partial charge in [0.2, 0.25) is 0 Å². The predicted octanol–water partition coefficient (Wildman–Crippen LogP) is 1.77. The molecule has 0 aromatic heterocycles. The number of hydrogen-bond acceptors (Lipinski definition) is 7. The van der Waals surface area contributed by atoms with Gasteiger partial charge in [0, 0.05) is 32.2 Å². The summed E-state index contributed by atoms with van der Waals surface area (Å²) in [5, 5.41) is 16.2. The topological polar surface area (TPSA) is 92.3 Å². The van der Waals surface area contributed by atoms with Crippen LogP contribution in [-0.4, -0.2) is 79.3 Å². The SMILES string of the molecule is CC(C)(C)OC(=O)NCC(O)CNC1CCCN(CC2COc3ccccc3O2)C1. The summed E-state index contributed by atoms with van der Waals surface area (Å²) >= 11 is 0. The fourth-order valence-corrected chi connectivity index (χ4v) is 3.72. The van der Waals surface area contributed by atoms with Crippen molar-refractivity contribution in [1.29, 1.82) is 0 Å². The van der Waals surface area contributed by atoms with E-state index in [1.54, 1.807) is 0 Å². The molecule has 0 aliphatic carbocycles. The van der Waals surface area contributed by atoms with Crippen LogP contribution in [0.5, 0.6) is 11.5 Å². The lowest BCUT2D eigenvalue weighted by molar-refractivity contribution is 0.0456. The Kier molecular flexibility index (Phi) is 7.80. The summed E-state index contributed by atoms with van der Waals surface area (Å²) < 4.78 is 17.1. The number of likely N-dealkylation sites (tertiary alicyclic amines) is 1. The molecule has 1 saturated heterocycles.